The lowest BCUT2D eigenvalue weighted by molar-refractivity contribution is -0.507. The molecule has 2 heterocycles. The van der Waals surface area contributed by atoms with Crippen molar-refractivity contribution in [1.82, 2.24) is 9.88 Å². The number of nitroso groups, excluding NO2 is 1. The zero-order valence-electron chi connectivity index (χ0n) is 15.5. The lowest BCUT2D eigenvalue weighted by Crippen LogP contribution is -2.43. The Labute approximate surface area is 176 Å². The van der Waals surface area contributed by atoms with Gasteiger partial charge < -0.3 is 5.32 Å². The lowest BCUT2D eigenvalue weighted by atomic mass is 10.1. The molecule has 2 aromatic heterocycles. The molecule has 0 unspecified atom stereocenters. The molecule has 1 N–H and O–H groups in total. The summed E-state index contributed by atoms with van der Waals surface area (Å²) in [4.78, 5) is 37.9. The monoisotopic (exact) mass is 428 g/mol. The highest BCUT2D eigenvalue weighted by molar-refractivity contribution is 7.18. The van der Waals surface area contributed by atoms with Crippen LogP contribution in [0.1, 0.15) is 28.9 Å². The predicted octanol–water partition coefficient (Wildman–Crippen LogP) is 4.31. The smallest absolute Gasteiger partial charge is 0.261 e. The van der Waals surface area contributed by atoms with E-state index in [1.165, 1.54) is 22.0 Å². The van der Waals surface area contributed by atoms with Crippen LogP contribution in [0.15, 0.2) is 65.6 Å². The van der Waals surface area contributed by atoms with Crippen molar-refractivity contribution in [3.8, 4) is 5.69 Å². The van der Waals surface area contributed by atoms with Crippen LogP contribution in [0.25, 0.3) is 5.69 Å². The Morgan fingerprint density at radius 1 is 1.10 bits per heavy atom. The number of nitrogens with one attached hydrogen (secondary N) is 1. The maximum atomic E-state index is 13.0. The minimum absolute atomic E-state index is 0.133. The molecule has 2 atom stereocenters. The Balaban J connectivity index is 1.49. The van der Waals surface area contributed by atoms with Crippen molar-refractivity contribution in [2.45, 2.75) is 31.3 Å². The molecule has 1 aromatic carbocycles. The van der Waals surface area contributed by atoms with Crippen molar-refractivity contribution in [2.24, 2.45) is 0 Å². The highest BCUT2D eigenvalue weighted by Crippen LogP contribution is 2.28. The first-order valence-electron chi connectivity index (χ1n) is 9.33. The predicted molar refractivity (Wildman–Crippen MR) is 114 cm³/mol. The second-order valence-electron chi connectivity index (χ2n) is 6.93. The van der Waals surface area contributed by atoms with E-state index in [1.54, 1.807) is 54.7 Å². The number of carbonyl (C=O) groups excluding carboxylic acids is 1. The van der Waals surface area contributed by atoms with Crippen molar-refractivity contribution < 1.29 is 9.55 Å². The third kappa shape index (κ3) is 4.16. The average Bonchev–Trinajstić information content (AvgIpc) is 3.37. The van der Waals surface area contributed by atoms with Gasteiger partial charge in [-0.3, -0.25) is 14.2 Å². The molecule has 6 nitrogen and oxygen atoms in total. The first kappa shape index (κ1) is 19.5. The average molecular weight is 429 g/mol. The number of nitrogens with zero attached hydrogens (tertiary/aromatic N) is 2. The van der Waals surface area contributed by atoms with Gasteiger partial charge in [-0.25, -0.2) is 0 Å². The summed E-state index contributed by atoms with van der Waals surface area (Å²) in [5, 5.41) is 2.98. The molecule has 0 saturated heterocycles. The van der Waals surface area contributed by atoms with Gasteiger partial charge >= 0.3 is 0 Å². The highest BCUT2D eigenvalue weighted by Gasteiger charge is 2.41. The number of carbonyl (C=O) groups is 1. The van der Waals surface area contributed by atoms with Gasteiger partial charge in [0.25, 0.3) is 17.2 Å². The highest BCUT2D eigenvalue weighted by atomic mass is 35.5. The van der Waals surface area contributed by atoms with Crippen LogP contribution in [0, 0.1) is 4.91 Å². The Hall–Kier alpha value is -2.77. The fourth-order valence-corrected chi connectivity index (χ4v) is 4.60. The molecule has 1 amide bonds. The zero-order valence-corrected chi connectivity index (χ0v) is 17.0. The molecule has 1 saturated carbocycles. The first-order chi connectivity index (χ1) is 14.0. The maximum Gasteiger partial charge on any atom is 0.261 e. The number of amides is 1. The summed E-state index contributed by atoms with van der Waals surface area (Å²) in [5.41, 5.74) is 1.06. The Kier molecular flexibility index (Phi) is 5.60. The van der Waals surface area contributed by atoms with E-state index < -0.39 is 0 Å². The van der Waals surface area contributed by atoms with Crippen LogP contribution in [-0.2, 0) is 0 Å². The summed E-state index contributed by atoms with van der Waals surface area (Å²) in [6.07, 6.45) is 4.02. The van der Waals surface area contributed by atoms with E-state index in [0.717, 1.165) is 17.6 Å². The van der Waals surface area contributed by atoms with Crippen LogP contribution in [0.4, 0.5) is 5.69 Å². The summed E-state index contributed by atoms with van der Waals surface area (Å²) in [6.45, 7) is 0. The normalized spacial score (nSPS) is 18.5. The summed E-state index contributed by atoms with van der Waals surface area (Å²) >= 11 is 7.13. The molecule has 1 aliphatic rings. The molecule has 29 heavy (non-hydrogen) atoms. The number of aromatic nitrogens is 1. The zero-order chi connectivity index (χ0) is 20.4. The molecule has 0 radical (unpaired) electrons. The Morgan fingerprint density at radius 2 is 1.90 bits per heavy atom. The first-order valence-corrected chi connectivity index (χ1v) is 10.5. The van der Waals surface area contributed by atoms with Gasteiger partial charge in [-0.1, -0.05) is 17.7 Å². The minimum Gasteiger partial charge on any atom is -0.342 e. The molecule has 148 valence electrons. The molecule has 3 aromatic rings. The number of hydrogen-bond acceptors (Lipinski definition) is 4. The van der Waals surface area contributed by atoms with Crippen LogP contribution in [0.3, 0.4) is 0 Å². The molecule has 1 fully saturated rings. The van der Waals surface area contributed by atoms with Gasteiger partial charge in [0.15, 0.2) is 0 Å². The lowest BCUT2D eigenvalue weighted by Gasteiger charge is -2.14. The van der Waals surface area contributed by atoms with Gasteiger partial charge in [-0.15, -0.1) is 11.3 Å². The molecular weight excluding hydrogens is 410 g/mol. The number of halogens is 1. The number of thiophene rings is 1. The Bertz CT molecular complexity index is 1110. The number of hydrogen-bond donors (Lipinski definition) is 1. The van der Waals surface area contributed by atoms with Gasteiger partial charge in [0.2, 0.25) is 6.04 Å². The summed E-state index contributed by atoms with van der Waals surface area (Å²) in [6, 6.07) is 14.7. The molecule has 0 spiro atoms. The largest absolute Gasteiger partial charge is 0.342 e. The van der Waals surface area contributed by atoms with Crippen molar-refractivity contribution >= 4 is 34.5 Å². The van der Waals surface area contributed by atoms with Crippen LogP contribution in [0.5, 0.6) is 0 Å². The number of benzene rings is 1. The van der Waals surface area contributed by atoms with Crippen LogP contribution in [0.2, 0.25) is 4.34 Å². The van der Waals surface area contributed by atoms with Crippen LogP contribution in [-0.4, -0.2) is 27.3 Å². The van der Waals surface area contributed by atoms with E-state index >= 15 is 0 Å². The van der Waals surface area contributed by atoms with Crippen molar-refractivity contribution in [3.05, 3.63) is 85.3 Å². The van der Waals surface area contributed by atoms with Gasteiger partial charge in [-0.05, 0) is 43.2 Å². The molecule has 1 aliphatic carbocycles. The summed E-state index contributed by atoms with van der Waals surface area (Å²) in [5.74, 6) is -0.203. The van der Waals surface area contributed by atoms with Gasteiger partial charge in [0, 0.05) is 46.2 Å². The standard InChI is InChI=1S/C21H18ClN3O3S/c22-19-12-11-18(29-19)21(27)23-16-4-3-5-17(16)25(28)15-9-7-14(8-10-15)24-13-2-1-6-20(24)26/h1-2,6-13,16-17H,3-5H2/p+1/t16-,17-/m0/s1. The second kappa shape index (κ2) is 8.31. The van der Waals surface area contributed by atoms with Crippen molar-refractivity contribution in [3.63, 3.8) is 0 Å². The van der Waals surface area contributed by atoms with Crippen molar-refractivity contribution in [1.29, 1.82) is 0 Å². The second-order valence-corrected chi connectivity index (χ2v) is 8.65. The summed E-state index contributed by atoms with van der Waals surface area (Å²) < 4.78 is 3.04. The van der Waals surface area contributed by atoms with E-state index in [1.807, 2.05) is 0 Å². The topological polar surface area (TPSA) is 71.2 Å². The SMILES string of the molecule is O=C(N[C@H]1CCC[C@@H]1[N+](=O)c1ccc(-n2ccccc2=O)cc1)c1ccc(Cl)s1. The van der Waals surface area contributed by atoms with Crippen LogP contribution >= 0.6 is 22.9 Å². The third-order valence-electron chi connectivity index (χ3n) is 5.10. The van der Waals surface area contributed by atoms with Crippen LogP contribution < -0.4 is 10.9 Å². The van der Waals surface area contributed by atoms with E-state index in [0.29, 0.717) is 27.0 Å². The van der Waals surface area contributed by atoms with E-state index in [4.69, 9.17) is 11.6 Å². The van der Waals surface area contributed by atoms with Gasteiger partial charge in [-0.2, -0.15) is 0 Å². The summed E-state index contributed by atoms with van der Waals surface area (Å²) in [7, 11) is 0. The molecule has 0 aliphatic heterocycles. The fourth-order valence-electron chi connectivity index (χ4n) is 3.66. The van der Waals surface area contributed by atoms with Crippen molar-refractivity contribution in [2.75, 3.05) is 0 Å². The van der Waals surface area contributed by atoms with E-state index in [-0.39, 0.29) is 23.6 Å². The molecule has 0 bridgehead atoms. The van der Waals surface area contributed by atoms with E-state index in [2.05, 4.69) is 5.32 Å². The van der Waals surface area contributed by atoms with Gasteiger partial charge in [0.1, 0.15) is 0 Å². The maximum absolute atomic E-state index is 13.0. The number of pyridine rings is 1. The van der Waals surface area contributed by atoms with Gasteiger partial charge in [0.05, 0.1) is 15.3 Å². The molecule has 8 heteroatoms. The van der Waals surface area contributed by atoms with E-state index in [9.17, 15) is 14.5 Å². The number of rotatable bonds is 5. The Morgan fingerprint density at radius 3 is 2.59 bits per heavy atom. The molecular formula is C21H19ClN3O3S+. The third-order valence-corrected chi connectivity index (χ3v) is 6.33. The quantitative estimate of drug-likeness (QED) is 0.615. The fraction of sp³-hybridized carbons (Fsp3) is 0.238. The molecule has 4 rings (SSSR count). The minimum atomic E-state index is -0.334.